The number of piperazine rings is 1. The fourth-order valence-electron chi connectivity index (χ4n) is 3.08. The average molecular weight is 278 g/mol. The molecule has 2 aliphatic rings. The lowest BCUT2D eigenvalue weighted by molar-refractivity contribution is -0.123. The molecule has 1 amide bonds. The number of hydrogen-bond donors (Lipinski definition) is 1. The van der Waals surface area contributed by atoms with Crippen LogP contribution in [-0.2, 0) is 4.79 Å². The Morgan fingerprint density at radius 3 is 2.40 bits per heavy atom. The van der Waals surface area contributed by atoms with Crippen LogP contribution in [0, 0.1) is 11.3 Å². The van der Waals surface area contributed by atoms with E-state index in [1.807, 2.05) is 13.8 Å². The van der Waals surface area contributed by atoms with Gasteiger partial charge in [0.25, 0.3) is 0 Å². The van der Waals surface area contributed by atoms with E-state index in [0.29, 0.717) is 12.6 Å². The van der Waals surface area contributed by atoms with E-state index in [2.05, 4.69) is 21.2 Å². The zero-order valence-electron chi connectivity index (χ0n) is 12.7. The molecule has 1 saturated carbocycles. The van der Waals surface area contributed by atoms with Crippen molar-refractivity contribution in [2.24, 2.45) is 0 Å². The van der Waals surface area contributed by atoms with Gasteiger partial charge in [-0.2, -0.15) is 5.26 Å². The minimum absolute atomic E-state index is 0.157. The largest absolute Gasteiger partial charge is 0.352 e. The van der Waals surface area contributed by atoms with Crippen molar-refractivity contribution >= 4 is 5.91 Å². The number of hydrogen-bond acceptors (Lipinski definition) is 4. The lowest BCUT2D eigenvalue weighted by Gasteiger charge is -2.40. The van der Waals surface area contributed by atoms with Crippen LogP contribution < -0.4 is 5.32 Å². The second-order valence-electron chi connectivity index (χ2n) is 6.48. The Bertz CT molecular complexity index is 374. The van der Waals surface area contributed by atoms with Gasteiger partial charge in [-0.25, -0.2) is 0 Å². The highest BCUT2D eigenvalue weighted by Crippen LogP contribution is 2.18. The second kappa shape index (κ2) is 6.55. The third-order valence-corrected chi connectivity index (χ3v) is 4.52. The molecule has 0 aromatic heterocycles. The summed E-state index contributed by atoms with van der Waals surface area (Å²) in [6.07, 6.45) is 4.76. The fourth-order valence-corrected chi connectivity index (χ4v) is 3.08. The number of carbonyl (C=O) groups is 1. The van der Waals surface area contributed by atoms with E-state index in [4.69, 9.17) is 5.26 Å². The summed E-state index contributed by atoms with van der Waals surface area (Å²) < 4.78 is 0. The topological polar surface area (TPSA) is 59.4 Å². The van der Waals surface area contributed by atoms with Crippen molar-refractivity contribution in [2.45, 2.75) is 51.1 Å². The summed E-state index contributed by atoms with van der Waals surface area (Å²) in [5.41, 5.74) is -0.405. The molecular formula is C15H26N4O. The first-order valence-electron chi connectivity index (χ1n) is 7.69. The van der Waals surface area contributed by atoms with Gasteiger partial charge in [0, 0.05) is 32.2 Å². The molecule has 1 heterocycles. The van der Waals surface area contributed by atoms with Gasteiger partial charge < -0.3 is 5.32 Å². The van der Waals surface area contributed by atoms with Crippen LogP contribution in [0.25, 0.3) is 0 Å². The molecule has 1 saturated heterocycles. The van der Waals surface area contributed by atoms with Crippen LogP contribution >= 0.6 is 0 Å². The third kappa shape index (κ3) is 3.94. The first kappa shape index (κ1) is 15.3. The minimum atomic E-state index is -0.405. The molecule has 1 aliphatic heterocycles. The van der Waals surface area contributed by atoms with E-state index >= 15 is 0 Å². The van der Waals surface area contributed by atoms with Crippen LogP contribution in [0.5, 0.6) is 0 Å². The summed E-state index contributed by atoms with van der Waals surface area (Å²) in [5, 5.41) is 12.3. The van der Waals surface area contributed by atoms with Gasteiger partial charge in [-0.05, 0) is 26.7 Å². The Morgan fingerprint density at radius 1 is 1.25 bits per heavy atom. The smallest absolute Gasteiger partial charge is 0.234 e. The number of carbonyl (C=O) groups excluding carboxylic acids is 1. The second-order valence-corrected chi connectivity index (χ2v) is 6.48. The molecule has 0 spiro atoms. The van der Waals surface area contributed by atoms with Gasteiger partial charge in [0.05, 0.1) is 12.6 Å². The maximum absolute atomic E-state index is 12.0. The summed E-state index contributed by atoms with van der Waals surface area (Å²) in [4.78, 5) is 16.4. The lowest BCUT2D eigenvalue weighted by Crippen LogP contribution is -2.55. The molecule has 0 aromatic rings. The zero-order chi connectivity index (χ0) is 14.6. The molecule has 0 aromatic carbocycles. The zero-order valence-corrected chi connectivity index (χ0v) is 12.7. The molecule has 2 rings (SSSR count). The molecule has 20 heavy (non-hydrogen) atoms. The molecule has 5 nitrogen and oxygen atoms in total. The van der Waals surface area contributed by atoms with E-state index in [-0.39, 0.29) is 5.91 Å². The standard InChI is InChI=1S/C15H26N4O/c1-15(2,12-16)19-9-7-18(8-10-19)11-14(20)17-13-5-3-4-6-13/h13H,3-11H2,1-2H3,(H,17,20). The molecule has 5 heteroatoms. The summed E-state index contributed by atoms with van der Waals surface area (Å²) in [6, 6.07) is 2.75. The molecule has 0 unspecified atom stereocenters. The number of rotatable bonds is 4. The maximum atomic E-state index is 12.0. The Morgan fingerprint density at radius 2 is 1.85 bits per heavy atom. The van der Waals surface area contributed by atoms with Crippen LogP contribution in [0.4, 0.5) is 0 Å². The Kier molecular flexibility index (Phi) is 5.00. The van der Waals surface area contributed by atoms with Crippen molar-refractivity contribution in [3.8, 4) is 6.07 Å². The Hall–Kier alpha value is -1.12. The molecule has 1 aliphatic carbocycles. The predicted molar refractivity (Wildman–Crippen MR) is 78.1 cm³/mol. The molecule has 0 atom stereocenters. The lowest BCUT2D eigenvalue weighted by atomic mass is 10.0. The van der Waals surface area contributed by atoms with E-state index in [1.165, 1.54) is 12.8 Å². The van der Waals surface area contributed by atoms with Crippen molar-refractivity contribution in [3.63, 3.8) is 0 Å². The molecular weight excluding hydrogens is 252 g/mol. The van der Waals surface area contributed by atoms with Crippen molar-refractivity contribution in [1.82, 2.24) is 15.1 Å². The summed E-state index contributed by atoms with van der Waals surface area (Å²) in [6.45, 7) is 7.85. The Labute approximate surface area is 121 Å². The van der Waals surface area contributed by atoms with Crippen molar-refractivity contribution in [1.29, 1.82) is 5.26 Å². The number of nitrogens with zero attached hydrogens (tertiary/aromatic N) is 3. The molecule has 0 radical (unpaired) electrons. The van der Waals surface area contributed by atoms with Gasteiger partial charge in [-0.15, -0.1) is 0 Å². The average Bonchev–Trinajstić information content (AvgIpc) is 2.92. The van der Waals surface area contributed by atoms with Gasteiger partial charge in [0.15, 0.2) is 0 Å². The number of nitriles is 1. The van der Waals surface area contributed by atoms with Gasteiger partial charge in [0.2, 0.25) is 5.91 Å². The van der Waals surface area contributed by atoms with Gasteiger partial charge in [0.1, 0.15) is 5.54 Å². The first-order valence-corrected chi connectivity index (χ1v) is 7.69. The predicted octanol–water partition coefficient (Wildman–Crippen LogP) is 0.965. The summed E-state index contributed by atoms with van der Waals surface area (Å²) in [5.74, 6) is 0.157. The SMILES string of the molecule is CC(C)(C#N)N1CCN(CC(=O)NC2CCCC2)CC1. The van der Waals surface area contributed by atoms with Crippen molar-refractivity contribution in [2.75, 3.05) is 32.7 Å². The highest BCUT2D eigenvalue weighted by molar-refractivity contribution is 5.78. The van der Waals surface area contributed by atoms with E-state index in [1.54, 1.807) is 0 Å². The highest BCUT2D eigenvalue weighted by Gasteiger charge is 2.30. The third-order valence-electron chi connectivity index (χ3n) is 4.52. The quantitative estimate of drug-likeness (QED) is 0.832. The first-order chi connectivity index (χ1) is 9.51. The number of nitrogens with one attached hydrogen (secondary N) is 1. The monoisotopic (exact) mass is 278 g/mol. The Balaban J connectivity index is 1.71. The summed E-state index contributed by atoms with van der Waals surface area (Å²) >= 11 is 0. The van der Waals surface area contributed by atoms with Crippen LogP contribution in [0.15, 0.2) is 0 Å². The van der Waals surface area contributed by atoms with Crippen LogP contribution in [0.3, 0.4) is 0 Å². The van der Waals surface area contributed by atoms with E-state index in [9.17, 15) is 4.79 Å². The van der Waals surface area contributed by atoms with Crippen molar-refractivity contribution in [3.05, 3.63) is 0 Å². The van der Waals surface area contributed by atoms with Gasteiger partial charge in [-0.1, -0.05) is 12.8 Å². The number of amides is 1. The van der Waals surface area contributed by atoms with Crippen molar-refractivity contribution < 1.29 is 4.79 Å². The molecule has 112 valence electrons. The molecule has 0 bridgehead atoms. The van der Waals surface area contributed by atoms with Crippen LogP contribution in [0.2, 0.25) is 0 Å². The van der Waals surface area contributed by atoms with Gasteiger partial charge >= 0.3 is 0 Å². The van der Waals surface area contributed by atoms with Gasteiger partial charge in [-0.3, -0.25) is 14.6 Å². The van der Waals surface area contributed by atoms with E-state index in [0.717, 1.165) is 39.0 Å². The normalized spacial score (nSPS) is 22.6. The van der Waals surface area contributed by atoms with Crippen LogP contribution in [-0.4, -0.2) is 60.0 Å². The maximum Gasteiger partial charge on any atom is 0.234 e. The minimum Gasteiger partial charge on any atom is -0.352 e. The molecule has 1 N–H and O–H groups in total. The highest BCUT2D eigenvalue weighted by atomic mass is 16.2. The molecule has 2 fully saturated rings. The van der Waals surface area contributed by atoms with Crippen LogP contribution in [0.1, 0.15) is 39.5 Å². The van der Waals surface area contributed by atoms with E-state index < -0.39 is 5.54 Å². The summed E-state index contributed by atoms with van der Waals surface area (Å²) in [7, 11) is 0. The fraction of sp³-hybridized carbons (Fsp3) is 0.867.